The molecule has 10 nitrogen and oxygen atoms in total. The summed E-state index contributed by atoms with van der Waals surface area (Å²) in [5.74, 6) is 0.00780. The van der Waals surface area contributed by atoms with E-state index in [2.05, 4.69) is 15.2 Å². The molecule has 2 heterocycles. The lowest BCUT2D eigenvalue weighted by atomic mass is 9.95. The van der Waals surface area contributed by atoms with Crippen molar-refractivity contribution in [2.24, 2.45) is 11.7 Å². The lowest BCUT2D eigenvalue weighted by Crippen LogP contribution is -2.41. The molecule has 0 spiro atoms. The number of benzene rings is 1. The van der Waals surface area contributed by atoms with Gasteiger partial charge < -0.3 is 20.7 Å². The third-order valence-corrected chi connectivity index (χ3v) is 5.78. The van der Waals surface area contributed by atoms with Crippen molar-refractivity contribution in [1.82, 2.24) is 10.3 Å². The molecule has 11 heteroatoms. The van der Waals surface area contributed by atoms with E-state index < -0.39 is 10.1 Å². The third kappa shape index (κ3) is 7.29. The molecular weight excluding hydrogens is 446 g/mol. The zero-order valence-electron chi connectivity index (χ0n) is 18.0. The van der Waals surface area contributed by atoms with Gasteiger partial charge in [-0.3, -0.25) is 19.7 Å². The Kier molecular flexibility index (Phi) is 8.01. The number of amides is 1. The predicted molar refractivity (Wildman–Crippen MR) is 126 cm³/mol. The van der Waals surface area contributed by atoms with Gasteiger partial charge in [0.05, 0.1) is 12.0 Å². The van der Waals surface area contributed by atoms with Gasteiger partial charge in [-0.25, -0.2) is 0 Å². The van der Waals surface area contributed by atoms with E-state index in [1.807, 2.05) is 12.1 Å². The zero-order valence-corrected chi connectivity index (χ0v) is 18.8. The third-order valence-electron chi connectivity index (χ3n) is 5.30. The van der Waals surface area contributed by atoms with Crippen LogP contribution in [-0.2, 0) is 14.9 Å². The number of hydrogen-bond donors (Lipinski definition) is 4. The summed E-state index contributed by atoms with van der Waals surface area (Å²) in [6.07, 6.45) is 6.19. The van der Waals surface area contributed by atoms with Gasteiger partial charge in [-0.05, 0) is 37.1 Å². The molecule has 0 saturated carbocycles. The first-order valence-corrected chi connectivity index (χ1v) is 11.9. The number of carbonyl (C=O) groups is 1. The van der Waals surface area contributed by atoms with Crippen LogP contribution in [0.4, 0.5) is 5.69 Å². The van der Waals surface area contributed by atoms with Crippen LogP contribution in [0.5, 0.6) is 5.75 Å². The van der Waals surface area contributed by atoms with Gasteiger partial charge in [0, 0.05) is 48.2 Å². The maximum atomic E-state index is 12.5. The van der Waals surface area contributed by atoms with E-state index in [0.717, 1.165) is 31.6 Å². The van der Waals surface area contributed by atoms with Crippen molar-refractivity contribution < 1.29 is 22.5 Å². The minimum Gasteiger partial charge on any atom is -0.491 e. The molecule has 176 valence electrons. The fraction of sp³-hybridized carbons (Fsp3) is 0.318. The van der Waals surface area contributed by atoms with Crippen LogP contribution < -0.4 is 20.7 Å². The molecule has 0 aliphatic carbocycles. The monoisotopic (exact) mass is 473 g/mol. The molecule has 1 aliphatic heterocycles. The second-order valence-corrected chi connectivity index (χ2v) is 8.89. The van der Waals surface area contributed by atoms with Crippen LogP contribution in [-0.4, -0.2) is 55.9 Å². The number of rotatable bonds is 9. The van der Waals surface area contributed by atoms with Crippen LogP contribution in [0.25, 0.3) is 6.08 Å². The minimum absolute atomic E-state index is 0.0306. The van der Waals surface area contributed by atoms with Gasteiger partial charge in [0.2, 0.25) is 5.91 Å². The fourth-order valence-electron chi connectivity index (χ4n) is 3.56. The highest BCUT2D eigenvalue weighted by atomic mass is 32.2. The van der Waals surface area contributed by atoms with Crippen molar-refractivity contribution in [2.75, 3.05) is 31.1 Å². The smallest absolute Gasteiger partial charge is 0.287 e. The van der Waals surface area contributed by atoms with Crippen LogP contribution in [0.15, 0.2) is 48.1 Å². The van der Waals surface area contributed by atoms with Crippen molar-refractivity contribution in [2.45, 2.75) is 12.8 Å². The second-order valence-electron chi connectivity index (χ2n) is 7.59. The van der Waals surface area contributed by atoms with Crippen LogP contribution in [0.2, 0.25) is 0 Å². The molecule has 3 rings (SSSR count). The predicted octanol–water partition coefficient (Wildman–Crippen LogP) is 1.64. The van der Waals surface area contributed by atoms with E-state index >= 15 is 0 Å². The summed E-state index contributed by atoms with van der Waals surface area (Å²) in [5, 5.41) is 11.1. The number of ether oxygens (including phenoxy) is 1. The van der Waals surface area contributed by atoms with Gasteiger partial charge in [0.15, 0.2) is 0 Å². The molecule has 1 aromatic carbocycles. The molecule has 0 atom stereocenters. The number of amidine groups is 1. The number of nitrogens with one attached hydrogen (secondary N) is 2. The Morgan fingerprint density at radius 2 is 1.97 bits per heavy atom. The summed E-state index contributed by atoms with van der Waals surface area (Å²) >= 11 is 0. The highest BCUT2D eigenvalue weighted by Gasteiger charge is 2.24. The van der Waals surface area contributed by atoms with Crippen molar-refractivity contribution >= 4 is 33.6 Å². The molecule has 2 aromatic rings. The number of nitrogen functional groups attached to an aromatic ring is 1. The van der Waals surface area contributed by atoms with Gasteiger partial charge in [-0.15, -0.1) is 0 Å². The molecule has 33 heavy (non-hydrogen) atoms. The molecule has 1 saturated heterocycles. The average Bonchev–Trinajstić information content (AvgIpc) is 2.80. The first-order valence-electron chi connectivity index (χ1n) is 10.4. The second kappa shape index (κ2) is 10.9. The number of carbonyl (C=O) groups excluding carboxylic acids is 1. The molecule has 0 radical (unpaired) electrons. The highest BCUT2D eigenvalue weighted by Crippen LogP contribution is 2.24. The molecule has 0 bridgehead atoms. The number of hydrogen-bond acceptors (Lipinski definition) is 7. The van der Waals surface area contributed by atoms with Crippen molar-refractivity contribution in [1.29, 1.82) is 5.41 Å². The SMILES string of the molecule is N=C(N)c1ccc(/C=C/S(=O)(=O)O)c(OCCNC(=O)C2CCN(c3ccncc3)CC2)c1. The Labute approximate surface area is 192 Å². The number of pyridine rings is 1. The number of nitrogens with two attached hydrogens (primary N) is 1. The lowest BCUT2D eigenvalue weighted by Gasteiger charge is -2.32. The van der Waals surface area contributed by atoms with Crippen LogP contribution in [0.1, 0.15) is 24.0 Å². The van der Waals surface area contributed by atoms with E-state index in [4.69, 9.17) is 20.4 Å². The van der Waals surface area contributed by atoms with E-state index in [9.17, 15) is 13.2 Å². The maximum absolute atomic E-state index is 12.5. The standard InChI is InChI=1S/C22H27N5O5S/c23-21(24)18-2-1-16(7-14-33(29,30)31)20(15-18)32-13-10-26-22(28)17-5-11-27(12-6-17)19-3-8-25-9-4-19/h1-4,7-9,14-15,17H,5-6,10-13H2,(H3,23,24)(H,26,28)(H,29,30,31)/b14-7+. The molecule has 5 N–H and O–H groups in total. The van der Waals surface area contributed by atoms with Crippen molar-refractivity contribution in [3.63, 3.8) is 0 Å². The molecule has 1 amide bonds. The van der Waals surface area contributed by atoms with Crippen molar-refractivity contribution in [3.05, 3.63) is 59.3 Å². The summed E-state index contributed by atoms with van der Waals surface area (Å²) in [6, 6.07) is 8.49. The first-order chi connectivity index (χ1) is 15.7. The highest BCUT2D eigenvalue weighted by molar-refractivity contribution is 7.88. The quantitative estimate of drug-likeness (QED) is 0.185. The topological polar surface area (TPSA) is 159 Å². The van der Waals surface area contributed by atoms with Gasteiger partial charge in [-0.1, -0.05) is 12.1 Å². The lowest BCUT2D eigenvalue weighted by molar-refractivity contribution is -0.125. The number of piperidine rings is 1. The normalized spacial score (nSPS) is 14.9. The molecule has 1 aromatic heterocycles. The zero-order chi connectivity index (χ0) is 23.8. The Morgan fingerprint density at radius 1 is 1.27 bits per heavy atom. The first kappa shape index (κ1) is 24.2. The summed E-state index contributed by atoms with van der Waals surface area (Å²) in [5.41, 5.74) is 7.39. The molecule has 1 fully saturated rings. The number of anilines is 1. The average molecular weight is 474 g/mol. The maximum Gasteiger partial charge on any atom is 0.287 e. The minimum atomic E-state index is -4.30. The van der Waals surface area contributed by atoms with Gasteiger partial charge in [0.25, 0.3) is 10.1 Å². The number of nitrogens with zero attached hydrogens (tertiary/aromatic N) is 2. The van der Waals surface area contributed by atoms with E-state index in [-0.39, 0.29) is 36.6 Å². The number of aromatic nitrogens is 1. The van der Waals surface area contributed by atoms with Gasteiger partial charge in [0.1, 0.15) is 18.2 Å². The largest absolute Gasteiger partial charge is 0.491 e. The molecule has 1 aliphatic rings. The summed E-state index contributed by atoms with van der Waals surface area (Å²) < 4.78 is 36.6. The van der Waals surface area contributed by atoms with E-state index in [1.54, 1.807) is 18.5 Å². The van der Waals surface area contributed by atoms with Crippen molar-refractivity contribution in [3.8, 4) is 5.75 Å². The van der Waals surface area contributed by atoms with E-state index in [0.29, 0.717) is 16.5 Å². The van der Waals surface area contributed by atoms with Gasteiger partial charge in [-0.2, -0.15) is 8.42 Å². The molecular formula is C22H27N5O5S. The van der Waals surface area contributed by atoms with Crippen LogP contribution >= 0.6 is 0 Å². The van der Waals surface area contributed by atoms with E-state index in [1.165, 1.54) is 18.2 Å². The van der Waals surface area contributed by atoms with Crippen LogP contribution in [0, 0.1) is 11.3 Å². The summed E-state index contributed by atoms with van der Waals surface area (Å²) in [6.45, 7) is 1.98. The Balaban J connectivity index is 1.51. The Hall–Kier alpha value is -3.44. The summed E-state index contributed by atoms with van der Waals surface area (Å²) in [4.78, 5) is 18.8. The fourth-order valence-corrected chi connectivity index (χ4v) is 3.88. The Morgan fingerprint density at radius 3 is 2.61 bits per heavy atom. The Bertz CT molecular complexity index is 1110. The van der Waals surface area contributed by atoms with Gasteiger partial charge >= 0.3 is 0 Å². The summed E-state index contributed by atoms with van der Waals surface area (Å²) in [7, 11) is -4.30. The molecule has 0 unspecified atom stereocenters. The van der Waals surface area contributed by atoms with Crippen LogP contribution in [0.3, 0.4) is 0 Å².